The Morgan fingerprint density at radius 2 is 2.15 bits per heavy atom. The summed E-state index contributed by atoms with van der Waals surface area (Å²) < 4.78 is 0. The van der Waals surface area contributed by atoms with Crippen LogP contribution in [-0.2, 0) is 12.8 Å². The van der Waals surface area contributed by atoms with E-state index < -0.39 is 0 Å². The number of hydrogen-bond acceptors (Lipinski definition) is 2. The Labute approximate surface area is 125 Å². The molecular weight excluding hydrogens is 243 g/mol. The molecule has 1 saturated heterocycles. The fraction of sp³-hybridized carbons (Fsp3) is 0.647. The highest BCUT2D eigenvalue weighted by Crippen LogP contribution is 2.23. The summed E-state index contributed by atoms with van der Waals surface area (Å²) in [6.45, 7) is 7.85. The van der Waals surface area contributed by atoms with Gasteiger partial charge in [-0.2, -0.15) is 0 Å². The number of aryl methyl sites for hydroxylation is 2. The molecule has 20 heavy (non-hydrogen) atoms. The van der Waals surface area contributed by atoms with Crippen LogP contribution in [-0.4, -0.2) is 38.4 Å². The predicted molar refractivity (Wildman–Crippen MR) is 87.3 cm³/mol. The lowest BCUT2D eigenvalue weighted by atomic mass is 9.88. The summed E-state index contributed by atoms with van der Waals surface area (Å²) >= 11 is 0. The Morgan fingerprint density at radius 3 is 2.75 bits per heavy atom. The molecule has 3 heteroatoms. The molecule has 0 amide bonds. The van der Waals surface area contributed by atoms with E-state index >= 15 is 0 Å². The van der Waals surface area contributed by atoms with Crippen LogP contribution in [0.1, 0.15) is 30.0 Å². The van der Waals surface area contributed by atoms with Gasteiger partial charge in [0.15, 0.2) is 0 Å². The third-order valence-electron chi connectivity index (χ3n) is 4.40. The number of rotatable bonds is 7. The summed E-state index contributed by atoms with van der Waals surface area (Å²) in [5.41, 5.74) is 10.3. The van der Waals surface area contributed by atoms with Crippen LogP contribution in [0.2, 0.25) is 6.32 Å². The van der Waals surface area contributed by atoms with Crippen molar-refractivity contribution in [3.05, 3.63) is 34.9 Å². The second-order valence-corrected chi connectivity index (χ2v) is 6.26. The zero-order chi connectivity index (χ0) is 14.5. The van der Waals surface area contributed by atoms with Crippen molar-refractivity contribution in [1.82, 2.24) is 4.90 Å². The molecule has 1 aliphatic heterocycles. The summed E-state index contributed by atoms with van der Waals surface area (Å²) in [6, 6.07) is 7.17. The van der Waals surface area contributed by atoms with Crippen LogP contribution in [0.3, 0.4) is 0 Å². The van der Waals surface area contributed by atoms with Crippen LogP contribution < -0.4 is 5.73 Å². The van der Waals surface area contributed by atoms with Crippen molar-refractivity contribution >= 4 is 7.85 Å². The second-order valence-electron chi connectivity index (χ2n) is 6.26. The smallest absolute Gasteiger partial charge is 0.0657 e. The van der Waals surface area contributed by atoms with E-state index in [1.807, 2.05) is 0 Å². The molecular formula is C17H27BN2. The molecule has 0 spiro atoms. The van der Waals surface area contributed by atoms with E-state index in [9.17, 15) is 0 Å². The highest BCUT2D eigenvalue weighted by Gasteiger charge is 2.27. The van der Waals surface area contributed by atoms with E-state index in [0.717, 1.165) is 31.6 Å². The maximum Gasteiger partial charge on any atom is 0.0657 e. The average Bonchev–Trinajstić information content (AvgIpc) is 2.38. The van der Waals surface area contributed by atoms with Crippen molar-refractivity contribution in [2.45, 2.75) is 45.5 Å². The monoisotopic (exact) mass is 270 g/mol. The topological polar surface area (TPSA) is 29.3 Å². The van der Waals surface area contributed by atoms with Crippen LogP contribution >= 0.6 is 0 Å². The minimum atomic E-state index is 0.341. The van der Waals surface area contributed by atoms with Crippen LogP contribution in [0, 0.1) is 12.8 Å². The third-order valence-corrected chi connectivity index (χ3v) is 4.40. The molecule has 1 unspecified atom stereocenters. The Hall–Kier alpha value is -0.795. The van der Waals surface area contributed by atoms with Crippen LogP contribution in [0.4, 0.5) is 0 Å². The van der Waals surface area contributed by atoms with Crippen molar-refractivity contribution in [3.8, 4) is 0 Å². The van der Waals surface area contributed by atoms with Gasteiger partial charge in [-0.1, -0.05) is 31.4 Å². The van der Waals surface area contributed by atoms with Gasteiger partial charge in [-0.3, -0.25) is 0 Å². The lowest BCUT2D eigenvalue weighted by Crippen LogP contribution is -2.51. The minimum absolute atomic E-state index is 0.341. The predicted octanol–water partition coefficient (Wildman–Crippen LogP) is 2.34. The first-order valence-electron chi connectivity index (χ1n) is 7.88. The first kappa shape index (κ1) is 15.6. The van der Waals surface area contributed by atoms with Gasteiger partial charge in [-0.05, 0) is 48.8 Å². The number of nitrogens with two attached hydrogens (primary N) is 1. The van der Waals surface area contributed by atoms with Crippen LogP contribution in [0.15, 0.2) is 18.2 Å². The molecule has 0 bridgehead atoms. The Balaban J connectivity index is 1.81. The van der Waals surface area contributed by atoms with Gasteiger partial charge in [0.25, 0.3) is 0 Å². The van der Waals surface area contributed by atoms with Gasteiger partial charge >= 0.3 is 0 Å². The summed E-state index contributed by atoms with van der Waals surface area (Å²) in [6.07, 6.45) is 3.98. The van der Waals surface area contributed by atoms with Crippen molar-refractivity contribution < 1.29 is 0 Å². The lowest BCUT2D eigenvalue weighted by Gasteiger charge is -2.41. The van der Waals surface area contributed by atoms with Gasteiger partial charge in [-0.25, -0.2) is 0 Å². The summed E-state index contributed by atoms with van der Waals surface area (Å²) in [5, 5.41) is 0. The van der Waals surface area contributed by atoms with Crippen molar-refractivity contribution in [2.24, 2.45) is 11.7 Å². The highest BCUT2D eigenvalue weighted by atomic mass is 15.2. The molecule has 1 atom stereocenters. The van der Waals surface area contributed by atoms with Crippen molar-refractivity contribution in [1.29, 1.82) is 0 Å². The molecule has 0 aromatic heterocycles. The molecule has 1 aliphatic rings. The Morgan fingerprint density at radius 1 is 1.40 bits per heavy atom. The Bertz CT molecular complexity index is 427. The molecule has 1 aromatic carbocycles. The number of likely N-dealkylation sites (tertiary alicyclic amines) is 1. The van der Waals surface area contributed by atoms with E-state index in [1.165, 1.54) is 36.2 Å². The fourth-order valence-corrected chi connectivity index (χ4v) is 3.04. The summed E-state index contributed by atoms with van der Waals surface area (Å²) in [4.78, 5) is 2.48. The quantitative estimate of drug-likeness (QED) is 0.770. The maximum atomic E-state index is 6.00. The maximum absolute atomic E-state index is 6.00. The minimum Gasteiger partial charge on any atom is -0.327 e. The van der Waals surface area contributed by atoms with Gasteiger partial charge in [0.1, 0.15) is 0 Å². The van der Waals surface area contributed by atoms with Gasteiger partial charge in [0.05, 0.1) is 7.85 Å². The van der Waals surface area contributed by atoms with Gasteiger partial charge in [0.2, 0.25) is 0 Å². The zero-order valence-corrected chi connectivity index (χ0v) is 12.9. The standard InChI is InChI=1S/C17H27BN2/c1-3-17(19)12-20-10-15(11-20)9-16-5-4-14(6-7-18)8-13(16)2/h4-5,8,15,17H,3,6-7,9-12,19H2,1-2H3. The first-order valence-corrected chi connectivity index (χ1v) is 7.88. The average molecular weight is 270 g/mol. The third kappa shape index (κ3) is 4.10. The normalized spacial score (nSPS) is 17.9. The SMILES string of the molecule is [B]CCc1ccc(CC2CN(CC(N)CC)C2)c(C)c1. The van der Waals surface area contributed by atoms with Crippen LogP contribution in [0.5, 0.6) is 0 Å². The molecule has 108 valence electrons. The van der Waals surface area contributed by atoms with Crippen LogP contribution in [0.25, 0.3) is 0 Å². The van der Waals surface area contributed by atoms with E-state index in [0.29, 0.717) is 6.04 Å². The molecule has 2 N–H and O–H groups in total. The molecule has 2 rings (SSSR count). The molecule has 1 aromatic rings. The molecule has 1 fully saturated rings. The lowest BCUT2D eigenvalue weighted by molar-refractivity contribution is 0.0930. The zero-order valence-electron chi connectivity index (χ0n) is 12.9. The van der Waals surface area contributed by atoms with E-state index in [1.54, 1.807) is 0 Å². The number of nitrogens with zero attached hydrogens (tertiary/aromatic N) is 1. The van der Waals surface area contributed by atoms with Crippen molar-refractivity contribution in [2.75, 3.05) is 19.6 Å². The molecule has 2 radical (unpaired) electrons. The molecule has 2 nitrogen and oxygen atoms in total. The highest BCUT2D eigenvalue weighted by molar-refractivity contribution is 6.08. The van der Waals surface area contributed by atoms with E-state index in [-0.39, 0.29) is 0 Å². The molecule has 0 saturated carbocycles. The molecule has 0 aliphatic carbocycles. The van der Waals surface area contributed by atoms with Gasteiger partial charge in [0, 0.05) is 25.7 Å². The van der Waals surface area contributed by atoms with Crippen molar-refractivity contribution in [3.63, 3.8) is 0 Å². The number of hydrogen-bond donors (Lipinski definition) is 1. The van der Waals surface area contributed by atoms with E-state index in [2.05, 4.69) is 36.9 Å². The van der Waals surface area contributed by atoms with E-state index in [4.69, 9.17) is 13.6 Å². The Kier molecular flexibility index (Phi) is 5.68. The van der Waals surface area contributed by atoms with Gasteiger partial charge < -0.3 is 10.6 Å². The first-order chi connectivity index (χ1) is 9.62. The summed E-state index contributed by atoms with van der Waals surface area (Å²) in [7, 11) is 5.61. The molecule has 1 heterocycles. The number of benzene rings is 1. The second kappa shape index (κ2) is 7.28. The van der Waals surface area contributed by atoms with Gasteiger partial charge in [-0.15, -0.1) is 0 Å². The largest absolute Gasteiger partial charge is 0.327 e. The summed E-state index contributed by atoms with van der Waals surface area (Å²) in [5.74, 6) is 0.804. The fourth-order valence-electron chi connectivity index (χ4n) is 3.04.